The monoisotopic (exact) mass is 476 g/mol. The minimum absolute atomic E-state index is 0.292. The van der Waals surface area contributed by atoms with E-state index >= 15 is 0 Å². The number of halogens is 2. The van der Waals surface area contributed by atoms with E-state index in [-0.39, 0.29) is 5.82 Å². The van der Waals surface area contributed by atoms with E-state index in [1.54, 1.807) is 37.4 Å². The molecule has 0 aliphatic heterocycles. The molecule has 6 heteroatoms. The van der Waals surface area contributed by atoms with Crippen molar-refractivity contribution in [3.63, 3.8) is 0 Å². The molecular formula is C28H22ClFO4. The van der Waals surface area contributed by atoms with Crippen molar-refractivity contribution >= 4 is 24.2 Å². The number of para-hydroxylation sites is 2. The molecule has 34 heavy (non-hydrogen) atoms. The maximum Gasteiger partial charge on any atom is 0.153 e. The van der Waals surface area contributed by atoms with Gasteiger partial charge in [0.15, 0.2) is 12.6 Å². The largest absolute Gasteiger partial charge is 0.495 e. The third-order valence-electron chi connectivity index (χ3n) is 5.06. The van der Waals surface area contributed by atoms with Crippen LogP contribution in [0.15, 0.2) is 84.9 Å². The maximum atomic E-state index is 12.8. The zero-order valence-corrected chi connectivity index (χ0v) is 19.4. The molecule has 0 N–H and O–H groups in total. The van der Waals surface area contributed by atoms with Gasteiger partial charge in [-0.3, -0.25) is 9.59 Å². The van der Waals surface area contributed by atoms with Crippen LogP contribution in [0.3, 0.4) is 0 Å². The van der Waals surface area contributed by atoms with Gasteiger partial charge < -0.3 is 9.47 Å². The normalized spacial score (nSPS) is 10.0. The van der Waals surface area contributed by atoms with Crippen molar-refractivity contribution < 1.29 is 23.5 Å². The maximum absolute atomic E-state index is 12.8. The molecule has 4 nitrogen and oxygen atoms in total. The third-order valence-corrected chi connectivity index (χ3v) is 5.32. The lowest BCUT2D eigenvalue weighted by Gasteiger charge is -2.10. The van der Waals surface area contributed by atoms with Gasteiger partial charge in [0.1, 0.15) is 17.3 Å². The molecule has 0 spiro atoms. The summed E-state index contributed by atoms with van der Waals surface area (Å²) in [5.41, 5.74) is 4.46. The number of hydrogen-bond donors (Lipinski definition) is 0. The molecule has 0 aliphatic rings. The smallest absolute Gasteiger partial charge is 0.153 e. The standard InChI is InChI=1S/C14H11ClO2.C14H11FO2/c2*1-17-14-11(9-16)3-2-4-13(14)10-5-7-12(15)8-6-10/h2*2-9H,1H3. The highest BCUT2D eigenvalue weighted by Crippen LogP contribution is 2.33. The first kappa shape index (κ1) is 24.7. The Labute approximate surface area is 202 Å². The van der Waals surface area contributed by atoms with Crippen molar-refractivity contribution in [2.45, 2.75) is 0 Å². The van der Waals surface area contributed by atoms with Gasteiger partial charge in [-0.1, -0.05) is 60.1 Å². The van der Waals surface area contributed by atoms with Crippen LogP contribution in [0, 0.1) is 5.82 Å². The van der Waals surface area contributed by atoms with Gasteiger partial charge in [-0.25, -0.2) is 4.39 Å². The number of rotatable bonds is 6. The van der Waals surface area contributed by atoms with Gasteiger partial charge in [-0.15, -0.1) is 0 Å². The molecule has 0 heterocycles. The van der Waals surface area contributed by atoms with Crippen LogP contribution in [0.1, 0.15) is 20.7 Å². The highest BCUT2D eigenvalue weighted by Gasteiger charge is 2.11. The van der Waals surface area contributed by atoms with Gasteiger partial charge in [0, 0.05) is 16.1 Å². The number of ether oxygens (including phenoxy) is 2. The Hall–Kier alpha value is -3.96. The predicted octanol–water partition coefficient (Wildman–Crippen LogP) is 7.14. The van der Waals surface area contributed by atoms with Crippen LogP contribution in [0.4, 0.5) is 4.39 Å². The van der Waals surface area contributed by atoms with Crippen molar-refractivity contribution in [2.75, 3.05) is 14.2 Å². The summed E-state index contributed by atoms with van der Waals surface area (Å²) in [6, 6.07) is 24.2. The summed E-state index contributed by atoms with van der Waals surface area (Å²) in [6.07, 6.45) is 1.53. The van der Waals surface area contributed by atoms with E-state index < -0.39 is 0 Å². The number of carbonyl (C=O) groups is 2. The van der Waals surface area contributed by atoms with Crippen molar-refractivity contribution in [1.29, 1.82) is 0 Å². The minimum atomic E-state index is -0.292. The first-order valence-corrected chi connectivity index (χ1v) is 10.7. The lowest BCUT2D eigenvalue weighted by atomic mass is 10.0. The van der Waals surface area contributed by atoms with E-state index in [0.717, 1.165) is 34.8 Å². The van der Waals surface area contributed by atoms with E-state index in [2.05, 4.69) is 0 Å². The fourth-order valence-corrected chi connectivity index (χ4v) is 3.59. The first-order valence-electron chi connectivity index (χ1n) is 10.3. The predicted molar refractivity (Wildman–Crippen MR) is 133 cm³/mol. The van der Waals surface area contributed by atoms with Gasteiger partial charge >= 0.3 is 0 Å². The Morgan fingerprint density at radius 2 is 1.06 bits per heavy atom. The van der Waals surface area contributed by atoms with Crippen LogP contribution in [0.2, 0.25) is 5.02 Å². The van der Waals surface area contributed by atoms with Crippen LogP contribution in [-0.4, -0.2) is 26.8 Å². The molecule has 4 rings (SSSR count). The van der Waals surface area contributed by atoms with E-state index in [4.69, 9.17) is 21.1 Å². The van der Waals surface area contributed by atoms with Gasteiger partial charge in [-0.05, 0) is 47.5 Å². The van der Waals surface area contributed by atoms with E-state index in [1.165, 1.54) is 19.2 Å². The quantitative estimate of drug-likeness (QED) is 0.277. The number of methoxy groups -OCH3 is 2. The molecule has 0 unspecified atom stereocenters. The van der Waals surface area contributed by atoms with Gasteiger partial charge in [0.25, 0.3) is 0 Å². The topological polar surface area (TPSA) is 52.6 Å². The fraction of sp³-hybridized carbons (Fsp3) is 0.0714. The molecule has 0 bridgehead atoms. The molecule has 0 fully saturated rings. The highest BCUT2D eigenvalue weighted by atomic mass is 35.5. The average Bonchev–Trinajstić information content (AvgIpc) is 2.88. The summed E-state index contributed by atoms with van der Waals surface area (Å²) in [5, 5.41) is 0.680. The van der Waals surface area contributed by atoms with Crippen molar-refractivity contribution in [3.8, 4) is 33.8 Å². The second-order valence-corrected chi connectivity index (χ2v) is 7.54. The molecule has 0 atom stereocenters. The Bertz CT molecular complexity index is 1170. The summed E-state index contributed by atoms with van der Waals surface area (Å²) in [4.78, 5) is 21.8. The lowest BCUT2D eigenvalue weighted by Crippen LogP contribution is -1.93. The second-order valence-electron chi connectivity index (χ2n) is 7.11. The number of aldehydes is 2. The SMILES string of the molecule is COc1c(C=O)cccc1-c1ccc(Cl)cc1.COc1c(C=O)cccc1-c1ccc(F)cc1. The van der Waals surface area contributed by atoms with Crippen LogP contribution in [0.5, 0.6) is 11.5 Å². The van der Waals surface area contributed by atoms with E-state index in [1.807, 2.05) is 42.5 Å². The minimum Gasteiger partial charge on any atom is -0.495 e. The Balaban J connectivity index is 0.000000191. The molecule has 0 aromatic heterocycles. The molecular weight excluding hydrogens is 455 g/mol. The molecule has 0 amide bonds. The molecule has 0 saturated carbocycles. The zero-order chi connectivity index (χ0) is 24.5. The first-order chi connectivity index (χ1) is 16.5. The summed E-state index contributed by atoms with van der Waals surface area (Å²) in [6.45, 7) is 0. The van der Waals surface area contributed by atoms with Crippen molar-refractivity contribution in [2.24, 2.45) is 0 Å². The average molecular weight is 477 g/mol. The Morgan fingerprint density at radius 3 is 1.44 bits per heavy atom. The highest BCUT2D eigenvalue weighted by molar-refractivity contribution is 6.30. The Morgan fingerprint density at radius 1 is 0.647 bits per heavy atom. The molecule has 0 saturated heterocycles. The van der Waals surface area contributed by atoms with Crippen LogP contribution in [-0.2, 0) is 0 Å². The second kappa shape index (κ2) is 11.8. The summed E-state index contributed by atoms with van der Waals surface area (Å²) in [5.74, 6) is 0.804. The molecule has 0 radical (unpaired) electrons. The number of carbonyl (C=O) groups excluding carboxylic acids is 2. The number of hydrogen-bond acceptors (Lipinski definition) is 4. The van der Waals surface area contributed by atoms with Crippen molar-refractivity contribution in [3.05, 3.63) is 107 Å². The van der Waals surface area contributed by atoms with Crippen molar-refractivity contribution in [1.82, 2.24) is 0 Å². The molecule has 4 aromatic rings. The van der Waals surface area contributed by atoms with Crippen LogP contribution in [0.25, 0.3) is 22.3 Å². The molecule has 0 aliphatic carbocycles. The Kier molecular flexibility index (Phi) is 8.54. The third kappa shape index (κ3) is 5.69. The molecule has 4 aromatic carbocycles. The summed E-state index contributed by atoms with van der Waals surface area (Å²) >= 11 is 5.84. The van der Waals surface area contributed by atoms with Gasteiger partial charge in [0.2, 0.25) is 0 Å². The summed E-state index contributed by atoms with van der Waals surface area (Å²) in [7, 11) is 3.07. The van der Waals surface area contributed by atoms with E-state index in [9.17, 15) is 14.0 Å². The fourth-order valence-electron chi connectivity index (χ4n) is 3.46. The van der Waals surface area contributed by atoms with Crippen LogP contribution < -0.4 is 9.47 Å². The lowest BCUT2D eigenvalue weighted by molar-refractivity contribution is 0.111. The van der Waals surface area contributed by atoms with Crippen LogP contribution >= 0.6 is 11.6 Å². The van der Waals surface area contributed by atoms with Gasteiger partial charge in [-0.2, -0.15) is 0 Å². The zero-order valence-electron chi connectivity index (χ0n) is 18.6. The van der Waals surface area contributed by atoms with E-state index in [0.29, 0.717) is 27.6 Å². The summed E-state index contributed by atoms with van der Waals surface area (Å²) < 4.78 is 23.4. The molecule has 172 valence electrons. The number of benzene rings is 4. The van der Waals surface area contributed by atoms with Gasteiger partial charge in [0.05, 0.1) is 25.3 Å².